The number of hydrogen-bond acceptors (Lipinski definition) is 5. The Hall–Kier alpha value is -1.79. The number of likely N-dealkylation sites (tertiary alicyclic amines) is 2. The minimum absolute atomic E-state index is 0.194. The third-order valence-corrected chi connectivity index (χ3v) is 5.97. The van der Waals surface area contributed by atoms with Crippen molar-refractivity contribution >= 4 is 6.09 Å². The first-order chi connectivity index (χ1) is 13.1. The Morgan fingerprint density at radius 1 is 1.11 bits per heavy atom. The van der Waals surface area contributed by atoms with Crippen LogP contribution in [-0.4, -0.2) is 79.3 Å². The lowest BCUT2D eigenvalue weighted by molar-refractivity contribution is 0.0627. The van der Waals surface area contributed by atoms with E-state index in [2.05, 4.69) is 28.0 Å². The van der Waals surface area contributed by atoms with Gasteiger partial charge in [0, 0.05) is 39.6 Å². The van der Waals surface area contributed by atoms with Crippen LogP contribution in [0.15, 0.2) is 24.3 Å². The Morgan fingerprint density at radius 3 is 2.74 bits per heavy atom. The molecular weight excluding hydrogens is 342 g/mol. The first-order valence-corrected chi connectivity index (χ1v) is 10.2. The largest absolute Gasteiger partial charge is 0.492 e. The van der Waals surface area contributed by atoms with Crippen LogP contribution >= 0.6 is 0 Å². The number of piperidine rings is 1. The van der Waals surface area contributed by atoms with E-state index < -0.39 is 0 Å². The molecule has 1 aromatic rings. The maximum Gasteiger partial charge on any atom is 0.410 e. The molecule has 1 spiro atoms. The second-order valence-electron chi connectivity index (χ2n) is 8.27. The first-order valence-electron chi connectivity index (χ1n) is 10.2. The Bertz CT molecular complexity index is 662. The molecule has 4 rings (SSSR count). The highest BCUT2D eigenvalue weighted by atomic mass is 16.6. The predicted octanol–water partition coefficient (Wildman–Crippen LogP) is 2.58. The summed E-state index contributed by atoms with van der Waals surface area (Å²) >= 11 is 0. The van der Waals surface area contributed by atoms with Crippen LogP contribution in [-0.2, 0) is 11.3 Å². The van der Waals surface area contributed by atoms with Crippen molar-refractivity contribution in [1.29, 1.82) is 0 Å². The number of ether oxygens (including phenoxy) is 2. The zero-order valence-electron chi connectivity index (χ0n) is 16.4. The van der Waals surface area contributed by atoms with Crippen LogP contribution in [0.1, 0.15) is 31.2 Å². The van der Waals surface area contributed by atoms with E-state index >= 15 is 0 Å². The molecule has 27 heavy (non-hydrogen) atoms. The van der Waals surface area contributed by atoms with E-state index in [0.29, 0.717) is 6.54 Å². The second-order valence-corrected chi connectivity index (χ2v) is 8.27. The zero-order valence-corrected chi connectivity index (χ0v) is 16.4. The molecule has 0 aliphatic carbocycles. The molecule has 1 amide bonds. The van der Waals surface area contributed by atoms with Crippen LogP contribution in [0, 0.1) is 0 Å². The van der Waals surface area contributed by atoms with Crippen molar-refractivity contribution in [2.24, 2.45) is 0 Å². The molecule has 0 N–H and O–H groups in total. The summed E-state index contributed by atoms with van der Waals surface area (Å²) in [5.41, 5.74) is 0.939. The van der Waals surface area contributed by atoms with Crippen molar-refractivity contribution < 1.29 is 14.3 Å². The summed E-state index contributed by atoms with van der Waals surface area (Å²) in [6, 6.07) is 8.41. The van der Waals surface area contributed by atoms with Crippen molar-refractivity contribution in [3.63, 3.8) is 0 Å². The minimum atomic E-state index is -0.311. The highest BCUT2D eigenvalue weighted by Gasteiger charge is 2.48. The van der Waals surface area contributed by atoms with Gasteiger partial charge in [-0.2, -0.15) is 0 Å². The van der Waals surface area contributed by atoms with Gasteiger partial charge < -0.3 is 14.4 Å². The second kappa shape index (κ2) is 8.07. The van der Waals surface area contributed by atoms with E-state index in [1.54, 1.807) is 4.90 Å². The molecule has 3 aliphatic rings. The third-order valence-electron chi connectivity index (χ3n) is 5.97. The summed E-state index contributed by atoms with van der Waals surface area (Å²) in [5.74, 6) is 0.949. The van der Waals surface area contributed by atoms with Gasteiger partial charge in [0.15, 0.2) is 0 Å². The van der Waals surface area contributed by atoms with Crippen LogP contribution in [0.3, 0.4) is 0 Å². The van der Waals surface area contributed by atoms with Crippen LogP contribution in [0.4, 0.5) is 4.79 Å². The van der Waals surface area contributed by atoms with E-state index in [1.165, 1.54) is 37.9 Å². The maximum absolute atomic E-state index is 11.7. The molecule has 1 atom stereocenters. The van der Waals surface area contributed by atoms with E-state index in [4.69, 9.17) is 9.47 Å². The van der Waals surface area contributed by atoms with Gasteiger partial charge in [0.2, 0.25) is 0 Å². The third kappa shape index (κ3) is 4.55. The molecule has 6 nitrogen and oxygen atoms in total. The Kier molecular flexibility index (Phi) is 5.55. The number of benzene rings is 1. The number of hydrogen-bond donors (Lipinski definition) is 0. The number of carbonyl (C=O) groups is 1. The van der Waals surface area contributed by atoms with Crippen molar-refractivity contribution in [2.45, 2.75) is 37.8 Å². The molecule has 3 fully saturated rings. The lowest BCUT2D eigenvalue weighted by atomic mass is 10.0. The van der Waals surface area contributed by atoms with Gasteiger partial charge in [-0.05, 0) is 43.6 Å². The lowest BCUT2D eigenvalue weighted by Gasteiger charge is -2.26. The molecule has 6 heteroatoms. The van der Waals surface area contributed by atoms with Gasteiger partial charge in [0.1, 0.15) is 18.0 Å². The van der Waals surface area contributed by atoms with Crippen LogP contribution in [0.25, 0.3) is 0 Å². The number of rotatable bonds is 6. The molecule has 3 heterocycles. The number of nitrogens with zero attached hydrogens (tertiary/aromatic N) is 3. The van der Waals surface area contributed by atoms with Gasteiger partial charge in [0.25, 0.3) is 0 Å². The number of likely N-dealkylation sites (N-methyl/N-ethyl adjacent to an activating group) is 1. The molecule has 0 aromatic heterocycles. The highest BCUT2D eigenvalue weighted by Crippen LogP contribution is 2.32. The summed E-state index contributed by atoms with van der Waals surface area (Å²) in [6.07, 6.45) is 4.72. The molecule has 0 saturated carbocycles. The standard InChI is InChI=1S/C21H31N3O3/c1-22-16-21(27-20(22)25)8-11-24(17-21)15-18-6-5-7-19(14-18)26-13-12-23-9-3-2-4-10-23/h5-7,14H,2-4,8-13,15-17H2,1H3. The normalized spacial score (nSPS) is 26.7. The Labute approximate surface area is 162 Å². The molecule has 1 unspecified atom stereocenters. The van der Waals surface area contributed by atoms with Crippen LogP contribution in [0.2, 0.25) is 0 Å². The van der Waals surface area contributed by atoms with E-state index in [9.17, 15) is 4.79 Å². The van der Waals surface area contributed by atoms with Crippen molar-refractivity contribution in [1.82, 2.24) is 14.7 Å². The Balaban J connectivity index is 1.26. The monoisotopic (exact) mass is 373 g/mol. The summed E-state index contributed by atoms with van der Waals surface area (Å²) in [5, 5.41) is 0. The van der Waals surface area contributed by atoms with E-state index in [-0.39, 0.29) is 11.7 Å². The highest BCUT2D eigenvalue weighted by molar-refractivity contribution is 5.70. The van der Waals surface area contributed by atoms with Gasteiger partial charge >= 0.3 is 6.09 Å². The van der Waals surface area contributed by atoms with Gasteiger partial charge in [0.05, 0.1) is 6.54 Å². The summed E-state index contributed by atoms with van der Waals surface area (Å²) in [7, 11) is 1.81. The SMILES string of the molecule is CN1CC2(CCN(Cc3cccc(OCCN4CCCCC4)c3)C2)OC1=O. The van der Waals surface area contributed by atoms with Crippen molar-refractivity contribution in [2.75, 3.05) is 52.9 Å². The number of amides is 1. The van der Waals surface area contributed by atoms with E-state index in [1.807, 2.05) is 13.1 Å². The van der Waals surface area contributed by atoms with E-state index in [0.717, 1.165) is 45.0 Å². The average molecular weight is 373 g/mol. The summed E-state index contributed by atoms with van der Waals surface area (Å²) in [4.78, 5) is 18.3. The first kappa shape index (κ1) is 18.6. The van der Waals surface area contributed by atoms with Gasteiger partial charge in [-0.15, -0.1) is 0 Å². The zero-order chi connectivity index (χ0) is 18.7. The summed E-state index contributed by atoms with van der Waals surface area (Å²) in [6.45, 7) is 7.51. The van der Waals surface area contributed by atoms with Gasteiger partial charge in [-0.3, -0.25) is 9.80 Å². The quantitative estimate of drug-likeness (QED) is 0.767. The molecule has 148 valence electrons. The van der Waals surface area contributed by atoms with Crippen molar-refractivity contribution in [3.05, 3.63) is 29.8 Å². The fourth-order valence-corrected chi connectivity index (χ4v) is 4.53. The van der Waals surface area contributed by atoms with Crippen LogP contribution in [0.5, 0.6) is 5.75 Å². The number of carbonyl (C=O) groups excluding carboxylic acids is 1. The average Bonchev–Trinajstić information content (AvgIpc) is 3.17. The van der Waals surface area contributed by atoms with Gasteiger partial charge in [-0.1, -0.05) is 18.6 Å². The maximum atomic E-state index is 11.7. The summed E-state index contributed by atoms with van der Waals surface area (Å²) < 4.78 is 11.6. The van der Waals surface area contributed by atoms with Crippen molar-refractivity contribution in [3.8, 4) is 5.75 Å². The predicted molar refractivity (Wildman–Crippen MR) is 104 cm³/mol. The van der Waals surface area contributed by atoms with Crippen LogP contribution < -0.4 is 4.74 Å². The fraction of sp³-hybridized carbons (Fsp3) is 0.667. The minimum Gasteiger partial charge on any atom is -0.492 e. The molecule has 3 aliphatic heterocycles. The molecule has 1 aromatic carbocycles. The fourth-order valence-electron chi connectivity index (χ4n) is 4.53. The molecule has 0 bridgehead atoms. The topological polar surface area (TPSA) is 45.2 Å². The smallest absolute Gasteiger partial charge is 0.410 e. The Morgan fingerprint density at radius 2 is 1.96 bits per heavy atom. The van der Waals surface area contributed by atoms with Gasteiger partial charge in [-0.25, -0.2) is 4.79 Å². The molecule has 0 radical (unpaired) electrons. The lowest BCUT2D eigenvalue weighted by Crippen LogP contribution is -2.37. The molecule has 3 saturated heterocycles. The molecular formula is C21H31N3O3.